The number of rotatable bonds is 7. The number of carbonyl (C=O) groups excluding carboxylic acids is 1. The van der Waals surface area contributed by atoms with E-state index in [1.165, 1.54) is 0 Å². The Balaban J connectivity index is 1.17. The van der Waals surface area contributed by atoms with Crippen LogP contribution >= 0.6 is 0 Å². The standard InChI is InChI=1S/C26H29N3O4/c1-31-21-7-3-19(4-8-21)24-27-23(33-28-24)17-18-11-15-29(16-12-18)25(30)26(13-14-26)20-5-9-22(32-2)10-6-20/h3-10,18H,11-17H2,1-2H3. The van der Waals surface area contributed by atoms with Gasteiger partial charge in [-0.2, -0.15) is 4.98 Å². The number of likely N-dealkylation sites (tertiary alicyclic amines) is 1. The summed E-state index contributed by atoms with van der Waals surface area (Å²) in [5, 5.41) is 4.14. The summed E-state index contributed by atoms with van der Waals surface area (Å²) in [7, 11) is 3.30. The van der Waals surface area contributed by atoms with E-state index >= 15 is 0 Å². The van der Waals surface area contributed by atoms with E-state index in [2.05, 4.69) is 10.1 Å². The molecular formula is C26H29N3O4. The molecule has 33 heavy (non-hydrogen) atoms. The molecule has 2 fully saturated rings. The van der Waals surface area contributed by atoms with Crippen molar-refractivity contribution in [1.82, 2.24) is 15.0 Å². The predicted octanol–water partition coefficient (Wildman–Crippen LogP) is 4.27. The quantitative estimate of drug-likeness (QED) is 0.538. The minimum absolute atomic E-state index is 0.269. The van der Waals surface area contributed by atoms with E-state index < -0.39 is 0 Å². The zero-order valence-electron chi connectivity index (χ0n) is 19.1. The fourth-order valence-corrected chi connectivity index (χ4v) is 4.75. The first-order valence-electron chi connectivity index (χ1n) is 11.5. The molecule has 1 aromatic heterocycles. The number of hydrogen-bond donors (Lipinski definition) is 0. The first kappa shape index (κ1) is 21.5. The maximum atomic E-state index is 13.4. The summed E-state index contributed by atoms with van der Waals surface area (Å²) in [5.41, 5.74) is 1.67. The molecule has 1 amide bonds. The highest BCUT2D eigenvalue weighted by Gasteiger charge is 2.53. The highest BCUT2D eigenvalue weighted by atomic mass is 16.5. The van der Waals surface area contributed by atoms with Crippen LogP contribution in [0.15, 0.2) is 53.1 Å². The van der Waals surface area contributed by atoms with E-state index in [-0.39, 0.29) is 11.3 Å². The number of methoxy groups -OCH3 is 2. The van der Waals surface area contributed by atoms with Crippen LogP contribution in [0.25, 0.3) is 11.4 Å². The lowest BCUT2D eigenvalue weighted by Crippen LogP contribution is -2.44. The monoisotopic (exact) mass is 447 g/mol. The summed E-state index contributed by atoms with van der Waals surface area (Å²) in [6.45, 7) is 1.56. The smallest absolute Gasteiger partial charge is 0.233 e. The molecule has 2 aromatic carbocycles. The van der Waals surface area contributed by atoms with E-state index in [1.807, 2.05) is 53.4 Å². The minimum Gasteiger partial charge on any atom is -0.497 e. The predicted molar refractivity (Wildman–Crippen MR) is 123 cm³/mol. The number of amides is 1. The molecule has 1 aliphatic carbocycles. The average molecular weight is 448 g/mol. The topological polar surface area (TPSA) is 77.7 Å². The first-order valence-corrected chi connectivity index (χ1v) is 11.5. The van der Waals surface area contributed by atoms with Crippen molar-refractivity contribution in [3.63, 3.8) is 0 Å². The van der Waals surface area contributed by atoms with Crippen LogP contribution in [0.1, 0.15) is 37.1 Å². The fourth-order valence-electron chi connectivity index (χ4n) is 4.75. The fraction of sp³-hybridized carbons (Fsp3) is 0.423. The van der Waals surface area contributed by atoms with Crippen molar-refractivity contribution >= 4 is 5.91 Å². The van der Waals surface area contributed by atoms with Gasteiger partial charge in [0.15, 0.2) is 0 Å². The number of carbonyl (C=O) groups is 1. The Morgan fingerprint density at radius 2 is 1.61 bits per heavy atom. The highest BCUT2D eigenvalue weighted by molar-refractivity contribution is 5.91. The Morgan fingerprint density at radius 1 is 1.00 bits per heavy atom. The van der Waals surface area contributed by atoms with Gasteiger partial charge in [0.2, 0.25) is 17.6 Å². The van der Waals surface area contributed by atoms with Gasteiger partial charge in [-0.05, 0) is 73.6 Å². The second-order valence-electron chi connectivity index (χ2n) is 8.99. The van der Waals surface area contributed by atoms with Gasteiger partial charge in [-0.25, -0.2) is 0 Å². The largest absolute Gasteiger partial charge is 0.497 e. The third-order valence-corrected chi connectivity index (χ3v) is 6.98. The molecule has 1 saturated carbocycles. The Kier molecular flexibility index (Phi) is 5.79. The molecule has 0 spiro atoms. The number of piperidine rings is 1. The zero-order chi connectivity index (χ0) is 22.8. The lowest BCUT2D eigenvalue weighted by Gasteiger charge is -2.34. The molecule has 0 unspecified atom stereocenters. The number of hydrogen-bond acceptors (Lipinski definition) is 6. The summed E-state index contributed by atoms with van der Waals surface area (Å²) in [6.07, 6.45) is 4.49. The van der Waals surface area contributed by atoms with Crippen LogP contribution in [0.5, 0.6) is 11.5 Å². The van der Waals surface area contributed by atoms with Crippen LogP contribution in [-0.2, 0) is 16.6 Å². The molecule has 0 N–H and O–H groups in total. The second kappa shape index (κ2) is 8.89. The maximum Gasteiger partial charge on any atom is 0.233 e. The summed E-state index contributed by atoms with van der Waals surface area (Å²) in [4.78, 5) is 20.0. The van der Waals surface area contributed by atoms with Crippen molar-refractivity contribution in [2.45, 2.75) is 37.5 Å². The summed E-state index contributed by atoms with van der Waals surface area (Å²) in [6, 6.07) is 15.6. The molecule has 0 bridgehead atoms. The second-order valence-corrected chi connectivity index (χ2v) is 8.99. The van der Waals surface area contributed by atoms with Crippen LogP contribution < -0.4 is 9.47 Å². The molecule has 2 heterocycles. The molecule has 2 aliphatic rings. The molecular weight excluding hydrogens is 418 g/mol. The molecule has 1 aliphatic heterocycles. The SMILES string of the molecule is COc1ccc(-c2noc(CC3CCN(C(=O)C4(c5ccc(OC)cc5)CC4)CC3)n2)cc1. The van der Waals surface area contributed by atoms with Crippen LogP contribution in [0.2, 0.25) is 0 Å². The van der Waals surface area contributed by atoms with Gasteiger partial charge in [-0.1, -0.05) is 17.3 Å². The van der Waals surface area contributed by atoms with Crippen molar-refractivity contribution in [2.75, 3.05) is 27.3 Å². The molecule has 1 saturated heterocycles. The van der Waals surface area contributed by atoms with Crippen molar-refractivity contribution in [1.29, 1.82) is 0 Å². The van der Waals surface area contributed by atoms with E-state index in [9.17, 15) is 4.79 Å². The van der Waals surface area contributed by atoms with Gasteiger partial charge >= 0.3 is 0 Å². The Labute approximate surface area is 193 Å². The Hall–Kier alpha value is -3.35. The number of nitrogens with zero attached hydrogens (tertiary/aromatic N) is 3. The highest BCUT2D eigenvalue weighted by Crippen LogP contribution is 2.50. The molecule has 5 rings (SSSR count). The summed E-state index contributed by atoms with van der Waals surface area (Å²) >= 11 is 0. The van der Waals surface area contributed by atoms with Crippen molar-refractivity contribution in [3.05, 3.63) is 60.0 Å². The van der Waals surface area contributed by atoms with Crippen molar-refractivity contribution < 1.29 is 18.8 Å². The van der Waals surface area contributed by atoms with Gasteiger partial charge in [-0.15, -0.1) is 0 Å². The van der Waals surface area contributed by atoms with E-state index in [1.54, 1.807) is 14.2 Å². The first-order chi connectivity index (χ1) is 16.1. The third kappa shape index (κ3) is 4.32. The van der Waals surface area contributed by atoms with Gasteiger partial charge in [0.05, 0.1) is 19.6 Å². The number of aromatic nitrogens is 2. The number of benzene rings is 2. The van der Waals surface area contributed by atoms with Gasteiger partial charge in [-0.3, -0.25) is 4.79 Å². The normalized spacial score (nSPS) is 17.6. The van der Waals surface area contributed by atoms with Gasteiger partial charge in [0.25, 0.3) is 0 Å². The van der Waals surface area contributed by atoms with Gasteiger partial charge in [0.1, 0.15) is 11.5 Å². The van der Waals surface area contributed by atoms with Crippen molar-refractivity contribution in [2.24, 2.45) is 5.92 Å². The Bertz CT molecular complexity index is 1100. The van der Waals surface area contributed by atoms with E-state index in [0.717, 1.165) is 67.8 Å². The van der Waals surface area contributed by atoms with E-state index in [4.69, 9.17) is 14.0 Å². The van der Waals surface area contributed by atoms with Crippen LogP contribution in [0.4, 0.5) is 0 Å². The summed E-state index contributed by atoms with van der Waals surface area (Å²) in [5.74, 6) is 3.57. The number of ether oxygens (including phenoxy) is 2. The summed E-state index contributed by atoms with van der Waals surface area (Å²) < 4.78 is 16.0. The van der Waals surface area contributed by atoms with Crippen LogP contribution in [0.3, 0.4) is 0 Å². The van der Waals surface area contributed by atoms with E-state index in [0.29, 0.717) is 17.6 Å². The third-order valence-electron chi connectivity index (χ3n) is 6.98. The lowest BCUT2D eigenvalue weighted by molar-refractivity contribution is -0.135. The molecule has 7 nitrogen and oxygen atoms in total. The van der Waals surface area contributed by atoms with Crippen LogP contribution in [0, 0.1) is 5.92 Å². The average Bonchev–Trinajstić information content (AvgIpc) is 3.56. The maximum absolute atomic E-state index is 13.4. The molecule has 0 radical (unpaired) electrons. The molecule has 7 heteroatoms. The van der Waals surface area contributed by atoms with Crippen molar-refractivity contribution in [3.8, 4) is 22.9 Å². The minimum atomic E-state index is -0.334. The molecule has 172 valence electrons. The van der Waals surface area contributed by atoms with Gasteiger partial charge < -0.3 is 18.9 Å². The van der Waals surface area contributed by atoms with Gasteiger partial charge in [0, 0.05) is 25.1 Å². The Morgan fingerprint density at radius 3 is 2.18 bits per heavy atom. The molecule has 3 aromatic rings. The molecule has 0 atom stereocenters. The van der Waals surface area contributed by atoms with Crippen LogP contribution in [-0.4, -0.2) is 48.3 Å². The zero-order valence-corrected chi connectivity index (χ0v) is 19.1. The lowest BCUT2D eigenvalue weighted by atomic mass is 9.90.